The highest BCUT2D eigenvalue weighted by atomic mass is 32.2. The highest BCUT2D eigenvalue weighted by molar-refractivity contribution is 7.89. The zero-order valence-electron chi connectivity index (χ0n) is 30.8. The normalized spacial score (nSPS) is 20.4. The van der Waals surface area contributed by atoms with Crippen molar-refractivity contribution < 1.29 is 47.2 Å². The first-order valence-electron chi connectivity index (χ1n) is 18.6. The summed E-state index contributed by atoms with van der Waals surface area (Å²) in [4.78, 5) is 26.5. The van der Waals surface area contributed by atoms with E-state index in [0.29, 0.717) is 43.1 Å². The number of fused-ring (bicyclic) bond motifs is 2. The number of carbonyl (C=O) groups is 2. The summed E-state index contributed by atoms with van der Waals surface area (Å²) in [6.07, 6.45) is 0.239. The van der Waals surface area contributed by atoms with Gasteiger partial charge in [0.25, 0.3) is 5.91 Å². The molecule has 3 aromatic rings. The van der Waals surface area contributed by atoms with Crippen molar-refractivity contribution in [2.75, 3.05) is 39.6 Å². The third-order valence-corrected chi connectivity index (χ3v) is 12.3. The molecule has 13 nitrogen and oxygen atoms in total. The van der Waals surface area contributed by atoms with Crippen molar-refractivity contribution in [3.8, 4) is 11.5 Å². The first-order chi connectivity index (χ1) is 25.9. The Morgan fingerprint density at radius 2 is 1.69 bits per heavy atom. The number of nitrogens with one attached hydrogen (secondary N) is 1. The molecule has 0 aliphatic carbocycles. The smallest absolute Gasteiger partial charge is 0.251 e. The predicted molar refractivity (Wildman–Crippen MR) is 197 cm³/mol. The minimum absolute atomic E-state index is 0.0256. The third-order valence-electron chi connectivity index (χ3n) is 10.5. The molecule has 2 saturated heterocycles. The van der Waals surface area contributed by atoms with E-state index in [0.717, 1.165) is 29.7 Å². The third kappa shape index (κ3) is 9.53. The van der Waals surface area contributed by atoms with Crippen LogP contribution in [0.5, 0.6) is 11.5 Å². The number of carbonyl (C=O) groups excluding carboxylic acids is 2. The summed E-state index contributed by atoms with van der Waals surface area (Å²) >= 11 is 0. The van der Waals surface area contributed by atoms with Crippen molar-refractivity contribution in [1.29, 1.82) is 0 Å². The molecule has 3 aromatic carbocycles. The van der Waals surface area contributed by atoms with Crippen LogP contribution in [-0.4, -0.2) is 98.8 Å². The minimum atomic E-state index is -4.25. The van der Waals surface area contributed by atoms with Crippen LogP contribution in [0.3, 0.4) is 0 Å². The van der Waals surface area contributed by atoms with Crippen molar-refractivity contribution >= 4 is 22.0 Å². The number of hydrogen-bond donors (Lipinski definition) is 2. The molecule has 0 radical (unpaired) electrons. The molecule has 0 aromatic heterocycles. The number of amides is 2. The lowest BCUT2D eigenvalue weighted by Crippen LogP contribution is -2.61. The molecule has 54 heavy (non-hydrogen) atoms. The maximum absolute atomic E-state index is 14.5. The van der Waals surface area contributed by atoms with Gasteiger partial charge < -0.3 is 44.2 Å². The summed E-state index contributed by atoms with van der Waals surface area (Å²) < 4.78 is 52.7. The molecule has 0 bridgehead atoms. The largest absolute Gasteiger partial charge is 0.530 e. The number of rotatable bonds is 18. The van der Waals surface area contributed by atoms with Crippen LogP contribution in [0.4, 0.5) is 4.79 Å². The molecule has 3 aliphatic heterocycles. The van der Waals surface area contributed by atoms with E-state index in [-0.39, 0.29) is 49.6 Å². The van der Waals surface area contributed by atoms with Gasteiger partial charge in [0.05, 0.1) is 36.3 Å². The molecule has 292 valence electrons. The monoisotopic (exact) mass is 764 g/mol. The van der Waals surface area contributed by atoms with Gasteiger partial charge >= 0.3 is 0 Å². The highest BCUT2D eigenvalue weighted by Crippen LogP contribution is 2.38. The van der Waals surface area contributed by atoms with Gasteiger partial charge in [-0.3, -0.25) is 4.79 Å². The van der Waals surface area contributed by atoms with Crippen molar-refractivity contribution in [2.24, 2.45) is 11.3 Å². The Bertz CT molecular complexity index is 1830. The van der Waals surface area contributed by atoms with E-state index in [9.17, 15) is 28.2 Å². The van der Waals surface area contributed by atoms with Gasteiger partial charge in [-0.25, -0.2) is 8.42 Å². The van der Waals surface area contributed by atoms with Crippen molar-refractivity contribution in [2.45, 2.75) is 81.7 Å². The van der Waals surface area contributed by atoms with Crippen LogP contribution < -0.4 is 19.9 Å². The van der Waals surface area contributed by atoms with Gasteiger partial charge in [-0.15, -0.1) is 0 Å². The van der Waals surface area contributed by atoms with E-state index in [4.69, 9.17) is 18.9 Å². The molecule has 2 amide bonds. The van der Waals surface area contributed by atoms with Gasteiger partial charge in [0, 0.05) is 37.2 Å². The summed E-state index contributed by atoms with van der Waals surface area (Å²) in [7, 11) is -4.25. The van der Waals surface area contributed by atoms with Gasteiger partial charge in [0.1, 0.15) is 6.09 Å². The Kier molecular flexibility index (Phi) is 12.8. The average Bonchev–Trinajstić information content (AvgIpc) is 3.92. The van der Waals surface area contributed by atoms with E-state index < -0.39 is 46.0 Å². The number of ether oxygens (including phenoxy) is 4. The number of benzene rings is 3. The molecule has 14 heteroatoms. The standard InChI is InChI=1S/C40H51N3O10S/c1-40(2,19-10-5-11-20-41-37(45)29-14-8-4-9-15-29)26-42(54(48,49)30-16-17-35-36(23-30)53-27-52-35)24-34(44)32(22-28-12-6-3-7-13-28)43(39(46)47)33-25-51-38-31(33)18-21-50-38/h3-4,6-9,12-17,23,31-34,38,44H,5,10-11,18-22,24-27H2,1-2H3,(H,41,45)(H,46,47)/p-1/t31-,32-,33-,34+,38+/m0/s1. The van der Waals surface area contributed by atoms with E-state index in [2.05, 4.69) is 5.32 Å². The van der Waals surface area contributed by atoms with Gasteiger partial charge in [-0.2, -0.15) is 4.31 Å². The van der Waals surface area contributed by atoms with E-state index in [1.165, 1.54) is 16.4 Å². The van der Waals surface area contributed by atoms with Gasteiger partial charge in [0.15, 0.2) is 17.8 Å². The van der Waals surface area contributed by atoms with Gasteiger partial charge in [-0.1, -0.05) is 75.2 Å². The number of aliphatic hydroxyl groups is 1. The summed E-state index contributed by atoms with van der Waals surface area (Å²) in [6.45, 7) is 4.60. The maximum Gasteiger partial charge on any atom is 0.251 e. The second-order valence-corrected chi connectivity index (χ2v) is 16.9. The second-order valence-electron chi connectivity index (χ2n) is 15.0. The molecule has 2 N–H and O–H groups in total. The second kappa shape index (κ2) is 17.5. The molecule has 3 aliphatic rings. The zero-order chi connectivity index (χ0) is 38.3. The minimum Gasteiger partial charge on any atom is -0.530 e. The van der Waals surface area contributed by atoms with E-state index in [1.54, 1.807) is 18.2 Å². The lowest BCUT2D eigenvalue weighted by atomic mass is 9.86. The Labute approximate surface area is 317 Å². The Morgan fingerprint density at radius 1 is 0.963 bits per heavy atom. The average molecular weight is 765 g/mol. The van der Waals surface area contributed by atoms with Crippen molar-refractivity contribution in [1.82, 2.24) is 14.5 Å². The summed E-state index contributed by atoms with van der Waals surface area (Å²) in [5.41, 5.74) is 0.829. The number of sulfonamides is 1. The summed E-state index contributed by atoms with van der Waals surface area (Å²) in [5.74, 6) is 0.363. The van der Waals surface area contributed by atoms with Crippen LogP contribution in [-0.2, 0) is 25.9 Å². The molecule has 0 saturated carbocycles. The lowest BCUT2D eigenvalue weighted by molar-refractivity contribution is -0.273. The Hall–Kier alpha value is -4.21. The van der Waals surface area contributed by atoms with Crippen LogP contribution in [0.1, 0.15) is 61.9 Å². The maximum atomic E-state index is 14.5. The fraction of sp³-hybridized carbons (Fsp3) is 0.500. The SMILES string of the molecule is CC(C)(CCCCCNC(=O)c1ccccc1)CN(C[C@@H](O)[C@H](Cc1ccccc1)N(C(=O)[O-])[C@H]1CO[C@H]2OCC[C@H]21)S(=O)(=O)c1ccc2c(c1)OCO2. The molecule has 0 unspecified atom stereocenters. The predicted octanol–water partition coefficient (Wildman–Crippen LogP) is 3.80. The fourth-order valence-corrected chi connectivity index (χ4v) is 9.30. The van der Waals surface area contributed by atoms with Crippen LogP contribution >= 0.6 is 0 Å². The van der Waals surface area contributed by atoms with Crippen molar-refractivity contribution in [3.05, 3.63) is 90.0 Å². The molecule has 5 atom stereocenters. The van der Waals surface area contributed by atoms with Gasteiger partial charge in [0.2, 0.25) is 16.8 Å². The molecule has 3 heterocycles. The molecule has 0 spiro atoms. The quantitative estimate of drug-likeness (QED) is 0.182. The van der Waals surface area contributed by atoms with E-state index in [1.807, 2.05) is 62.4 Å². The molecule has 6 rings (SSSR count). The molecular formula is C40H50N3O10S-. The topological polar surface area (TPSA) is 167 Å². The van der Waals surface area contributed by atoms with E-state index >= 15 is 0 Å². The van der Waals surface area contributed by atoms with Crippen LogP contribution in [0.2, 0.25) is 0 Å². The van der Waals surface area contributed by atoms with Crippen LogP contribution in [0, 0.1) is 11.3 Å². The molecular weight excluding hydrogens is 715 g/mol. The van der Waals surface area contributed by atoms with Crippen molar-refractivity contribution in [3.63, 3.8) is 0 Å². The van der Waals surface area contributed by atoms with Crippen LogP contribution in [0.15, 0.2) is 83.8 Å². The summed E-state index contributed by atoms with van der Waals surface area (Å²) in [5, 5.41) is 28.1. The number of hydrogen-bond acceptors (Lipinski definition) is 10. The first-order valence-corrected chi connectivity index (χ1v) is 20.0. The number of unbranched alkanes of at least 4 members (excludes halogenated alkanes) is 2. The summed E-state index contributed by atoms with van der Waals surface area (Å²) in [6, 6.07) is 20.9. The van der Waals surface area contributed by atoms with Gasteiger partial charge in [-0.05, 0) is 60.9 Å². The Morgan fingerprint density at radius 3 is 2.43 bits per heavy atom. The Balaban J connectivity index is 1.20. The number of carboxylic acid groups (broad SMARTS) is 1. The first kappa shape index (κ1) is 39.5. The molecule has 2 fully saturated rings. The van der Waals surface area contributed by atoms with Crippen LogP contribution in [0.25, 0.3) is 0 Å². The highest BCUT2D eigenvalue weighted by Gasteiger charge is 2.47. The lowest BCUT2D eigenvalue weighted by Gasteiger charge is -2.43. The zero-order valence-corrected chi connectivity index (χ0v) is 31.6. The fourth-order valence-electron chi connectivity index (χ4n) is 7.64. The number of nitrogens with zero attached hydrogens (tertiary/aromatic N) is 2. The number of aliphatic hydroxyl groups excluding tert-OH is 1.